The van der Waals surface area contributed by atoms with E-state index in [4.69, 9.17) is 0 Å². The van der Waals surface area contributed by atoms with Crippen molar-refractivity contribution in [2.75, 3.05) is 24.5 Å². The highest BCUT2D eigenvalue weighted by molar-refractivity contribution is 5.79. The normalized spacial score (nSPS) is 16.5. The maximum absolute atomic E-state index is 12.7. The third-order valence-electron chi connectivity index (χ3n) is 5.15. The Balaban J connectivity index is 1.56. The van der Waals surface area contributed by atoms with E-state index >= 15 is 0 Å². The van der Waals surface area contributed by atoms with Crippen molar-refractivity contribution in [2.45, 2.75) is 39.2 Å². The van der Waals surface area contributed by atoms with Crippen LogP contribution in [0, 0.1) is 6.92 Å². The van der Waals surface area contributed by atoms with Crippen molar-refractivity contribution in [3.8, 4) is 0 Å². The number of amides is 1. The highest BCUT2D eigenvalue weighted by Gasteiger charge is 2.28. The molecule has 27 heavy (non-hydrogen) atoms. The van der Waals surface area contributed by atoms with E-state index < -0.39 is 11.1 Å². The second-order valence-electron chi connectivity index (χ2n) is 7.07. The minimum atomic E-state index is -0.449. The first-order valence-electron chi connectivity index (χ1n) is 9.21. The molecular weight excluding hydrogens is 348 g/mol. The average molecular weight is 370 g/mol. The van der Waals surface area contributed by atoms with E-state index in [9.17, 15) is 14.4 Å². The number of aromatic nitrogens is 4. The lowest BCUT2D eigenvalue weighted by atomic mass is 10.0. The van der Waals surface area contributed by atoms with Crippen molar-refractivity contribution < 1.29 is 4.79 Å². The molecule has 0 bridgehead atoms. The number of hydrogen-bond donors (Lipinski definition) is 2. The lowest BCUT2D eigenvalue weighted by Gasteiger charge is -2.31. The van der Waals surface area contributed by atoms with E-state index in [1.165, 1.54) is 18.9 Å². The van der Waals surface area contributed by atoms with E-state index in [1.807, 2.05) is 6.92 Å². The SMILES string of the molecule is Cc1nc2c(c(N3CCCC3)n1)CCN(C(=O)Cc1cc(=O)[nH][nH]c1=O)C2. The molecule has 0 atom stereocenters. The second-order valence-corrected chi connectivity index (χ2v) is 7.07. The van der Waals surface area contributed by atoms with Gasteiger partial charge in [-0.2, -0.15) is 0 Å². The topological polar surface area (TPSA) is 115 Å². The third kappa shape index (κ3) is 3.49. The first kappa shape index (κ1) is 17.4. The summed E-state index contributed by atoms with van der Waals surface area (Å²) in [5, 5.41) is 4.45. The fourth-order valence-electron chi connectivity index (χ4n) is 3.80. The van der Waals surface area contributed by atoms with Crippen LogP contribution >= 0.6 is 0 Å². The Morgan fingerprint density at radius 2 is 1.93 bits per heavy atom. The number of hydrogen-bond acceptors (Lipinski definition) is 6. The molecule has 2 N–H and O–H groups in total. The molecule has 142 valence electrons. The van der Waals surface area contributed by atoms with Crippen molar-refractivity contribution in [2.24, 2.45) is 0 Å². The number of rotatable bonds is 3. The van der Waals surface area contributed by atoms with Gasteiger partial charge in [0.15, 0.2) is 0 Å². The monoisotopic (exact) mass is 370 g/mol. The lowest BCUT2D eigenvalue weighted by Crippen LogP contribution is -2.39. The predicted molar refractivity (Wildman–Crippen MR) is 98.7 cm³/mol. The van der Waals surface area contributed by atoms with Crippen LogP contribution in [0.5, 0.6) is 0 Å². The fourth-order valence-corrected chi connectivity index (χ4v) is 3.80. The molecule has 0 aromatic carbocycles. The van der Waals surface area contributed by atoms with Gasteiger partial charge in [-0.3, -0.25) is 24.6 Å². The van der Waals surface area contributed by atoms with E-state index in [0.29, 0.717) is 25.3 Å². The molecule has 1 fully saturated rings. The first-order chi connectivity index (χ1) is 13.0. The van der Waals surface area contributed by atoms with Gasteiger partial charge in [0.05, 0.1) is 18.7 Å². The van der Waals surface area contributed by atoms with Crippen molar-refractivity contribution in [3.05, 3.63) is 49.4 Å². The number of carbonyl (C=O) groups is 1. The molecule has 4 heterocycles. The standard InChI is InChI=1S/C18H22N6O3/c1-11-19-14-10-24(16(26)9-12-8-15(25)21-22-18(12)27)7-4-13(14)17(20-11)23-5-2-3-6-23/h8H,2-7,9-10H2,1H3,(H,21,25)(H,22,27). The third-order valence-corrected chi connectivity index (χ3v) is 5.15. The van der Waals surface area contributed by atoms with E-state index in [-0.39, 0.29) is 17.9 Å². The zero-order valence-electron chi connectivity index (χ0n) is 15.2. The smallest absolute Gasteiger partial charge is 0.266 e. The Morgan fingerprint density at radius 1 is 1.15 bits per heavy atom. The van der Waals surface area contributed by atoms with Gasteiger partial charge >= 0.3 is 0 Å². The van der Waals surface area contributed by atoms with Gasteiger partial charge < -0.3 is 9.80 Å². The van der Waals surface area contributed by atoms with Gasteiger partial charge in [0.1, 0.15) is 11.6 Å². The minimum Gasteiger partial charge on any atom is -0.356 e. The van der Waals surface area contributed by atoms with Gasteiger partial charge in [-0.05, 0) is 26.2 Å². The van der Waals surface area contributed by atoms with Gasteiger partial charge in [-0.25, -0.2) is 9.97 Å². The molecule has 2 aromatic heterocycles. The van der Waals surface area contributed by atoms with Gasteiger partial charge in [0.25, 0.3) is 11.1 Å². The largest absolute Gasteiger partial charge is 0.356 e. The van der Waals surface area contributed by atoms with Crippen LogP contribution in [0.3, 0.4) is 0 Å². The van der Waals surface area contributed by atoms with Crippen LogP contribution in [-0.4, -0.2) is 50.6 Å². The van der Waals surface area contributed by atoms with Crippen molar-refractivity contribution in [1.82, 2.24) is 25.1 Å². The number of anilines is 1. The molecule has 4 rings (SSSR count). The molecule has 9 heteroatoms. The van der Waals surface area contributed by atoms with E-state index in [1.54, 1.807) is 4.90 Å². The summed E-state index contributed by atoms with van der Waals surface area (Å²) in [6, 6.07) is 1.17. The van der Waals surface area contributed by atoms with Crippen LogP contribution in [0.2, 0.25) is 0 Å². The van der Waals surface area contributed by atoms with Crippen LogP contribution in [0.4, 0.5) is 5.82 Å². The molecule has 2 aliphatic rings. The number of carbonyl (C=O) groups excluding carboxylic acids is 1. The van der Waals surface area contributed by atoms with Crippen LogP contribution in [-0.2, 0) is 24.2 Å². The number of aryl methyl sites for hydroxylation is 1. The Labute approximate surface area is 155 Å². The molecule has 0 radical (unpaired) electrons. The van der Waals surface area contributed by atoms with Gasteiger partial charge in [0.2, 0.25) is 5.91 Å². The maximum atomic E-state index is 12.7. The summed E-state index contributed by atoms with van der Waals surface area (Å²) in [5.41, 5.74) is 1.30. The van der Waals surface area contributed by atoms with Crippen LogP contribution in [0.15, 0.2) is 15.7 Å². The number of aromatic amines is 2. The van der Waals surface area contributed by atoms with E-state index in [2.05, 4.69) is 25.1 Å². The molecule has 0 aliphatic carbocycles. The maximum Gasteiger partial charge on any atom is 0.266 e. The number of nitrogens with zero attached hydrogens (tertiary/aromatic N) is 4. The van der Waals surface area contributed by atoms with Gasteiger partial charge in [-0.1, -0.05) is 0 Å². The van der Waals surface area contributed by atoms with Crippen molar-refractivity contribution in [1.29, 1.82) is 0 Å². The average Bonchev–Trinajstić information content (AvgIpc) is 3.18. The summed E-state index contributed by atoms with van der Waals surface area (Å²) in [4.78, 5) is 49.1. The summed E-state index contributed by atoms with van der Waals surface area (Å²) < 4.78 is 0. The number of nitrogens with one attached hydrogen (secondary N) is 2. The summed E-state index contributed by atoms with van der Waals surface area (Å²) in [6.07, 6.45) is 2.94. The number of fused-ring (bicyclic) bond motifs is 1. The molecule has 0 spiro atoms. The fraction of sp³-hybridized carbons (Fsp3) is 0.500. The molecule has 2 aromatic rings. The molecule has 1 amide bonds. The molecule has 1 saturated heterocycles. The Bertz CT molecular complexity index is 989. The lowest BCUT2D eigenvalue weighted by molar-refractivity contribution is -0.131. The van der Waals surface area contributed by atoms with E-state index in [0.717, 1.165) is 30.2 Å². The highest BCUT2D eigenvalue weighted by atomic mass is 16.2. The van der Waals surface area contributed by atoms with Crippen molar-refractivity contribution >= 4 is 11.7 Å². The Hall–Kier alpha value is -2.97. The molecular formula is C18H22N6O3. The second kappa shape index (κ2) is 6.98. The highest BCUT2D eigenvalue weighted by Crippen LogP contribution is 2.28. The Kier molecular flexibility index (Phi) is 4.51. The Morgan fingerprint density at radius 3 is 2.70 bits per heavy atom. The first-order valence-corrected chi connectivity index (χ1v) is 9.21. The predicted octanol–water partition coefficient (Wildman–Crippen LogP) is -0.111. The molecule has 0 unspecified atom stereocenters. The number of H-pyrrole nitrogens is 2. The minimum absolute atomic E-state index is 0.0996. The summed E-state index contributed by atoms with van der Waals surface area (Å²) in [5.74, 6) is 1.53. The summed E-state index contributed by atoms with van der Waals surface area (Å²) >= 11 is 0. The molecule has 0 saturated carbocycles. The zero-order chi connectivity index (χ0) is 19.0. The summed E-state index contributed by atoms with van der Waals surface area (Å²) in [6.45, 7) is 4.85. The quantitative estimate of drug-likeness (QED) is 0.779. The van der Waals surface area contributed by atoms with Crippen molar-refractivity contribution in [3.63, 3.8) is 0 Å². The summed E-state index contributed by atoms with van der Waals surface area (Å²) in [7, 11) is 0. The van der Waals surface area contributed by atoms with Crippen LogP contribution in [0.25, 0.3) is 0 Å². The molecule has 9 nitrogen and oxygen atoms in total. The van der Waals surface area contributed by atoms with Crippen LogP contribution in [0.1, 0.15) is 35.5 Å². The molecule has 2 aliphatic heterocycles. The van der Waals surface area contributed by atoms with Crippen LogP contribution < -0.4 is 16.0 Å². The zero-order valence-corrected chi connectivity index (χ0v) is 15.2. The van der Waals surface area contributed by atoms with Gasteiger partial charge in [-0.15, -0.1) is 0 Å². The van der Waals surface area contributed by atoms with Gasteiger partial charge in [0, 0.05) is 36.8 Å².